The molecule has 0 atom stereocenters. The summed E-state index contributed by atoms with van der Waals surface area (Å²) in [6.07, 6.45) is 6.76. The fourth-order valence-electron chi connectivity index (χ4n) is 3.92. The van der Waals surface area contributed by atoms with Crippen molar-refractivity contribution >= 4 is 43.5 Å². The van der Waals surface area contributed by atoms with E-state index in [0.29, 0.717) is 18.3 Å². The van der Waals surface area contributed by atoms with E-state index in [-0.39, 0.29) is 28.2 Å². The van der Waals surface area contributed by atoms with Crippen LogP contribution < -0.4 is 4.74 Å². The Labute approximate surface area is 188 Å². The van der Waals surface area contributed by atoms with Crippen molar-refractivity contribution in [3.05, 3.63) is 54.7 Å². The van der Waals surface area contributed by atoms with E-state index in [9.17, 15) is 21.4 Å². The number of fused-ring (bicyclic) bond motifs is 1. The molecule has 0 saturated heterocycles. The first-order valence-electron chi connectivity index (χ1n) is 9.83. The number of rotatable bonds is 6. The molecule has 4 rings (SSSR count). The summed E-state index contributed by atoms with van der Waals surface area (Å²) in [6.45, 7) is 0.531. The Bertz CT molecular complexity index is 1260. The minimum Gasteiger partial charge on any atom is -0.493 e. The molecule has 0 bridgehead atoms. The second-order valence-corrected chi connectivity index (χ2v) is 10.8. The van der Waals surface area contributed by atoms with E-state index in [0.717, 1.165) is 23.0 Å². The molecule has 0 spiro atoms. The summed E-state index contributed by atoms with van der Waals surface area (Å²) in [7, 11) is -8.69. The van der Waals surface area contributed by atoms with Crippen LogP contribution in [0, 0.1) is 5.92 Å². The lowest BCUT2D eigenvalue weighted by atomic mass is 9.90. The highest BCUT2D eigenvalue weighted by Gasteiger charge is 2.26. The third kappa shape index (κ3) is 4.90. The Morgan fingerprint density at radius 3 is 2.29 bits per heavy atom. The van der Waals surface area contributed by atoms with Crippen LogP contribution in [0.15, 0.2) is 64.5 Å². The average Bonchev–Trinajstić information content (AvgIpc) is 3.14. The molecule has 1 fully saturated rings. The Morgan fingerprint density at radius 1 is 0.968 bits per heavy atom. The van der Waals surface area contributed by atoms with Crippen LogP contribution in [-0.2, 0) is 20.1 Å². The minimum atomic E-state index is -4.62. The maximum atomic E-state index is 13.2. The first kappa shape index (κ1) is 23.6. The van der Waals surface area contributed by atoms with Crippen LogP contribution in [0.25, 0.3) is 10.9 Å². The molecular weight excluding hydrogens is 462 g/mol. The summed E-state index contributed by atoms with van der Waals surface area (Å²) in [5.74, 6) is 0.917. The van der Waals surface area contributed by atoms with Crippen molar-refractivity contribution in [2.45, 2.75) is 41.9 Å². The molecule has 1 aromatic heterocycles. The number of aromatic nitrogens is 1. The zero-order chi connectivity index (χ0) is 21.4. The van der Waals surface area contributed by atoms with E-state index < -0.39 is 25.0 Å². The van der Waals surface area contributed by atoms with E-state index in [1.54, 1.807) is 24.3 Å². The largest absolute Gasteiger partial charge is 0.493 e. The van der Waals surface area contributed by atoms with Gasteiger partial charge in [-0.2, -0.15) is 8.42 Å². The van der Waals surface area contributed by atoms with Gasteiger partial charge < -0.3 is 4.74 Å². The molecule has 1 heterocycles. The van der Waals surface area contributed by atoms with Gasteiger partial charge in [0.05, 0.1) is 17.0 Å². The first-order chi connectivity index (χ1) is 14.3. The van der Waals surface area contributed by atoms with Gasteiger partial charge in [-0.3, -0.25) is 4.55 Å². The van der Waals surface area contributed by atoms with Crippen LogP contribution in [0.3, 0.4) is 0 Å². The van der Waals surface area contributed by atoms with Gasteiger partial charge in [0.15, 0.2) is 0 Å². The van der Waals surface area contributed by atoms with Crippen LogP contribution in [0.2, 0.25) is 0 Å². The number of hydrogen-bond donors (Lipinski definition) is 1. The van der Waals surface area contributed by atoms with E-state index in [2.05, 4.69) is 0 Å². The van der Waals surface area contributed by atoms with Crippen molar-refractivity contribution in [3.8, 4) is 5.75 Å². The molecule has 31 heavy (non-hydrogen) atoms. The first-order valence-corrected chi connectivity index (χ1v) is 12.7. The summed E-state index contributed by atoms with van der Waals surface area (Å²) in [6, 6.07) is 12.3. The second kappa shape index (κ2) is 9.20. The molecule has 0 amide bonds. The van der Waals surface area contributed by atoms with E-state index in [4.69, 9.17) is 4.74 Å². The second-order valence-electron chi connectivity index (χ2n) is 7.58. The zero-order valence-electron chi connectivity index (χ0n) is 16.7. The topological polar surface area (TPSA) is 103 Å². The van der Waals surface area contributed by atoms with Gasteiger partial charge in [0.2, 0.25) is 0 Å². The average molecular weight is 486 g/mol. The van der Waals surface area contributed by atoms with Gasteiger partial charge in [-0.15, -0.1) is 12.4 Å². The smallest absolute Gasteiger partial charge is 0.296 e. The molecule has 7 nitrogen and oxygen atoms in total. The number of ether oxygens (including phenoxy) is 1. The van der Waals surface area contributed by atoms with Crippen molar-refractivity contribution in [1.82, 2.24) is 3.97 Å². The minimum absolute atomic E-state index is 0. The molecule has 10 heteroatoms. The van der Waals surface area contributed by atoms with Crippen molar-refractivity contribution in [1.29, 1.82) is 0 Å². The lowest BCUT2D eigenvalue weighted by Crippen LogP contribution is -2.15. The fraction of sp³-hybridized carbons (Fsp3) is 0.333. The fourth-order valence-corrected chi connectivity index (χ4v) is 6.05. The van der Waals surface area contributed by atoms with Gasteiger partial charge >= 0.3 is 0 Å². The molecule has 1 aliphatic carbocycles. The molecule has 1 saturated carbocycles. The van der Waals surface area contributed by atoms with Gasteiger partial charge in [0, 0.05) is 17.6 Å². The monoisotopic (exact) mass is 485 g/mol. The van der Waals surface area contributed by atoms with Crippen molar-refractivity contribution < 1.29 is 26.1 Å². The Hall–Kier alpha value is -2.07. The van der Waals surface area contributed by atoms with Crippen LogP contribution in [0.1, 0.15) is 32.1 Å². The van der Waals surface area contributed by atoms with Crippen LogP contribution >= 0.6 is 12.4 Å². The number of nitrogens with zero attached hydrogens (tertiary/aromatic N) is 1. The predicted octanol–water partition coefficient (Wildman–Crippen LogP) is 4.51. The molecule has 3 aromatic rings. The quantitative estimate of drug-likeness (QED) is 0.515. The highest BCUT2D eigenvalue weighted by Crippen LogP contribution is 2.32. The summed E-state index contributed by atoms with van der Waals surface area (Å²) in [4.78, 5) is -0.451. The maximum absolute atomic E-state index is 13.2. The number of benzene rings is 2. The van der Waals surface area contributed by atoms with Gasteiger partial charge in [0.25, 0.3) is 20.1 Å². The number of halogens is 1. The zero-order valence-corrected chi connectivity index (χ0v) is 19.1. The lowest BCUT2D eigenvalue weighted by molar-refractivity contribution is 0.209. The van der Waals surface area contributed by atoms with Crippen molar-refractivity contribution in [2.75, 3.05) is 6.61 Å². The lowest BCUT2D eigenvalue weighted by Gasteiger charge is -2.21. The summed E-state index contributed by atoms with van der Waals surface area (Å²) < 4.78 is 66.4. The van der Waals surface area contributed by atoms with Gasteiger partial charge in [-0.1, -0.05) is 37.5 Å². The van der Waals surface area contributed by atoms with Crippen LogP contribution in [-0.4, -0.2) is 32.0 Å². The van der Waals surface area contributed by atoms with Crippen molar-refractivity contribution in [3.63, 3.8) is 0 Å². The van der Waals surface area contributed by atoms with Gasteiger partial charge in [-0.05, 0) is 43.0 Å². The van der Waals surface area contributed by atoms with E-state index >= 15 is 0 Å². The van der Waals surface area contributed by atoms with Gasteiger partial charge in [0.1, 0.15) is 10.6 Å². The molecule has 0 aliphatic heterocycles. The highest BCUT2D eigenvalue weighted by molar-refractivity contribution is 7.90. The Kier molecular flexibility index (Phi) is 7.00. The Morgan fingerprint density at radius 2 is 1.65 bits per heavy atom. The standard InChI is InChI=1S/C21H23NO6S2.ClH/c23-29(24,18-9-5-2-6-10-18)22-14-21(30(25,26)27)19-12-11-17(13-20(19)22)28-15-16-7-3-1-4-8-16;/h2,5-6,9-14,16H,1,3-4,7-8,15H2,(H,25,26,27);1H. The molecule has 1 N–H and O–H groups in total. The predicted molar refractivity (Wildman–Crippen MR) is 120 cm³/mol. The van der Waals surface area contributed by atoms with E-state index in [1.807, 2.05) is 0 Å². The molecular formula is C21H24ClNO6S2. The van der Waals surface area contributed by atoms with Gasteiger partial charge in [-0.25, -0.2) is 12.4 Å². The molecule has 0 unspecified atom stereocenters. The summed E-state index contributed by atoms with van der Waals surface area (Å²) in [5, 5.41) is 0.113. The van der Waals surface area contributed by atoms with Crippen LogP contribution in [0.4, 0.5) is 0 Å². The third-order valence-electron chi connectivity index (χ3n) is 5.49. The SMILES string of the molecule is Cl.O=S(=O)(O)c1cn(S(=O)(=O)c2ccccc2)c2cc(OCC3CCCCC3)ccc12. The normalized spacial score (nSPS) is 15.5. The summed E-state index contributed by atoms with van der Waals surface area (Å²) >= 11 is 0. The molecule has 1 aliphatic rings. The molecule has 0 radical (unpaired) electrons. The number of hydrogen-bond acceptors (Lipinski definition) is 5. The Balaban J connectivity index is 0.00000272. The molecule has 168 valence electrons. The third-order valence-corrected chi connectivity index (χ3v) is 8.06. The van der Waals surface area contributed by atoms with Crippen molar-refractivity contribution in [2.24, 2.45) is 5.92 Å². The van der Waals surface area contributed by atoms with Crippen LogP contribution in [0.5, 0.6) is 5.75 Å². The van der Waals surface area contributed by atoms with E-state index in [1.165, 1.54) is 43.5 Å². The highest BCUT2D eigenvalue weighted by atomic mass is 35.5. The molecule has 2 aromatic carbocycles. The summed E-state index contributed by atoms with van der Waals surface area (Å²) in [5.41, 5.74) is 0.132. The maximum Gasteiger partial charge on any atom is 0.296 e.